The summed E-state index contributed by atoms with van der Waals surface area (Å²) in [7, 11) is 0. The quantitative estimate of drug-likeness (QED) is 0.833. The first-order valence-electron chi connectivity index (χ1n) is 8.43. The van der Waals surface area contributed by atoms with Crippen LogP contribution in [0.2, 0.25) is 0 Å². The lowest BCUT2D eigenvalue weighted by Gasteiger charge is -2.31. The predicted octanol–water partition coefficient (Wildman–Crippen LogP) is 2.92. The number of benzene rings is 1. The zero-order chi connectivity index (χ0) is 16.1. The van der Waals surface area contributed by atoms with Gasteiger partial charge in [0.15, 0.2) is 0 Å². The Morgan fingerprint density at radius 2 is 2.00 bits per heavy atom. The number of likely N-dealkylation sites (tertiary alicyclic amines) is 1. The Labute approximate surface area is 138 Å². The summed E-state index contributed by atoms with van der Waals surface area (Å²) < 4.78 is 2.24. The van der Waals surface area contributed by atoms with Crippen molar-refractivity contribution in [3.63, 3.8) is 0 Å². The average molecular weight is 310 g/mol. The van der Waals surface area contributed by atoms with Gasteiger partial charge in [0, 0.05) is 24.8 Å². The molecule has 0 spiro atoms. The number of hydrogen-bond acceptors (Lipinski definition) is 3. The highest BCUT2D eigenvalue weighted by atomic mass is 15.1. The maximum Gasteiger partial charge on any atom is 0.110 e. The highest BCUT2D eigenvalue weighted by Crippen LogP contribution is 2.16. The van der Waals surface area contributed by atoms with Crippen LogP contribution in [0.3, 0.4) is 0 Å². The van der Waals surface area contributed by atoms with Crippen LogP contribution < -0.4 is 5.32 Å². The Morgan fingerprint density at radius 1 is 1.26 bits per heavy atom. The zero-order valence-electron chi connectivity index (χ0n) is 13.9. The van der Waals surface area contributed by atoms with E-state index >= 15 is 0 Å². The molecule has 0 bridgehead atoms. The van der Waals surface area contributed by atoms with Gasteiger partial charge in [0.25, 0.3) is 0 Å². The van der Waals surface area contributed by atoms with Crippen LogP contribution in [0.25, 0.3) is 5.69 Å². The molecule has 3 rings (SSSR count). The summed E-state index contributed by atoms with van der Waals surface area (Å²) in [4.78, 5) is 6.96. The van der Waals surface area contributed by atoms with Crippen molar-refractivity contribution in [2.24, 2.45) is 0 Å². The number of para-hydroxylation sites is 1. The van der Waals surface area contributed by atoms with E-state index in [-0.39, 0.29) is 0 Å². The first-order valence-corrected chi connectivity index (χ1v) is 8.43. The van der Waals surface area contributed by atoms with Gasteiger partial charge in [-0.25, -0.2) is 4.98 Å². The van der Waals surface area contributed by atoms with E-state index in [2.05, 4.69) is 57.5 Å². The molecule has 1 saturated heterocycles. The molecule has 122 valence electrons. The lowest BCUT2D eigenvalue weighted by molar-refractivity contribution is 0.214. The normalized spacial score (nSPS) is 16.6. The van der Waals surface area contributed by atoms with Crippen molar-refractivity contribution >= 4 is 0 Å². The van der Waals surface area contributed by atoms with Crippen molar-refractivity contribution in [3.8, 4) is 5.69 Å². The van der Waals surface area contributed by atoms with E-state index in [9.17, 15) is 0 Å². The van der Waals surface area contributed by atoms with Crippen molar-refractivity contribution < 1.29 is 0 Å². The molecule has 1 aromatic carbocycles. The third-order valence-electron chi connectivity index (χ3n) is 4.57. The molecule has 2 heterocycles. The first kappa shape index (κ1) is 16.0. The Kier molecular flexibility index (Phi) is 5.26. The van der Waals surface area contributed by atoms with Gasteiger partial charge in [-0.3, -0.25) is 9.47 Å². The third-order valence-corrected chi connectivity index (χ3v) is 4.57. The molecule has 0 radical (unpaired) electrons. The highest BCUT2D eigenvalue weighted by Gasteiger charge is 2.18. The van der Waals surface area contributed by atoms with E-state index in [1.807, 2.05) is 18.3 Å². The minimum Gasteiger partial charge on any atom is -0.308 e. The molecule has 0 unspecified atom stereocenters. The number of hydrogen-bond donors (Lipinski definition) is 1. The maximum absolute atomic E-state index is 4.50. The van der Waals surface area contributed by atoms with Crippen molar-refractivity contribution in [1.29, 1.82) is 0 Å². The second-order valence-corrected chi connectivity index (χ2v) is 6.21. The minimum atomic E-state index is 0.593. The van der Waals surface area contributed by atoms with Gasteiger partial charge in [0.05, 0.1) is 11.9 Å². The number of aromatic nitrogens is 2. The van der Waals surface area contributed by atoms with Crippen LogP contribution in [-0.2, 0) is 6.54 Å². The van der Waals surface area contributed by atoms with Crippen LogP contribution in [0.15, 0.2) is 49.2 Å². The van der Waals surface area contributed by atoms with Crippen LogP contribution in [0.4, 0.5) is 0 Å². The smallest absolute Gasteiger partial charge is 0.110 e. The molecule has 23 heavy (non-hydrogen) atoms. The number of rotatable bonds is 6. The number of nitrogens with one attached hydrogen (secondary N) is 1. The molecule has 4 nitrogen and oxygen atoms in total. The van der Waals surface area contributed by atoms with E-state index in [4.69, 9.17) is 0 Å². The molecule has 0 saturated carbocycles. The Hall–Kier alpha value is -1.91. The summed E-state index contributed by atoms with van der Waals surface area (Å²) in [6.45, 7) is 10.1. The number of nitrogens with zero attached hydrogens (tertiary/aromatic N) is 3. The van der Waals surface area contributed by atoms with Crippen LogP contribution >= 0.6 is 0 Å². The SMILES string of the molecule is C=CCN1CCC(NCc2cnc(C)n2-c2ccccc2)CC1. The fourth-order valence-electron chi connectivity index (χ4n) is 3.30. The summed E-state index contributed by atoms with van der Waals surface area (Å²) >= 11 is 0. The topological polar surface area (TPSA) is 33.1 Å². The average Bonchev–Trinajstić information content (AvgIpc) is 2.96. The number of piperidine rings is 1. The Morgan fingerprint density at radius 3 is 2.70 bits per heavy atom. The van der Waals surface area contributed by atoms with Gasteiger partial charge in [-0.1, -0.05) is 24.3 Å². The van der Waals surface area contributed by atoms with Gasteiger partial charge in [-0.15, -0.1) is 6.58 Å². The molecule has 1 N–H and O–H groups in total. The van der Waals surface area contributed by atoms with E-state index in [1.54, 1.807) is 0 Å². The first-order chi connectivity index (χ1) is 11.3. The summed E-state index contributed by atoms with van der Waals surface area (Å²) in [5.74, 6) is 1.04. The van der Waals surface area contributed by atoms with Gasteiger partial charge in [-0.2, -0.15) is 0 Å². The summed E-state index contributed by atoms with van der Waals surface area (Å²) in [5.41, 5.74) is 2.40. The monoisotopic (exact) mass is 310 g/mol. The second kappa shape index (κ2) is 7.57. The molecule has 2 aromatic rings. The van der Waals surface area contributed by atoms with E-state index in [0.717, 1.165) is 32.0 Å². The van der Waals surface area contributed by atoms with Crippen LogP contribution in [-0.4, -0.2) is 40.1 Å². The Bertz CT molecular complexity index is 624. The molecule has 4 heteroatoms. The molecule has 1 aliphatic heterocycles. The molecule has 0 aliphatic carbocycles. The molecular formula is C19H26N4. The van der Waals surface area contributed by atoms with E-state index < -0.39 is 0 Å². The molecule has 1 aromatic heterocycles. The van der Waals surface area contributed by atoms with Crippen LogP contribution in [0.1, 0.15) is 24.4 Å². The zero-order valence-corrected chi connectivity index (χ0v) is 13.9. The highest BCUT2D eigenvalue weighted by molar-refractivity contribution is 5.35. The van der Waals surface area contributed by atoms with E-state index in [0.29, 0.717) is 6.04 Å². The lowest BCUT2D eigenvalue weighted by atomic mass is 10.1. The van der Waals surface area contributed by atoms with Crippen molar-refractivity contribution in [2.75, 3.05) is 19.6 Å². The maximum atomic E-state index is 4.50. The van der Waals surface area contributed by atoms with Crippen molar-refractivity contribution in [2.45, 2.75) is 32.4 Å². The summed E-state index contributed by atoms with van der Waals surface area (Å²) in [5, 5.41) is 3.71. The van der Waals surface area contributed by atoms with Gasteiger partial charge in [0.1, 0.15) is 5.82 Å². The molecule has 0 amide bonds. The fraction of sp³-hybridized carbons (Fsp3) is 0.421. The van der Waals surface area contributed by atoms with Crippen molar-refractivity contribution in [3.05, 3.63) is 60.7 Å². The van der Waals surface area contributed by atoms with Gasteiger partial charge < -0.3 is 5.32 Å². The molecule has 0 atom stereocenters. The van der Waals surface area contributed by atoms with Crippen LogP contribution in [0, 0.1) is 6.92 Å². The largest absolute Gasteiger partial charge is 0.308 e. The summed E-state index contributed by atoms with van der Waals surface area (Å²) in [6.07, 6.45) is 6.38. The summed E-state index contributed by atoms with van der Waals surface area (Å²) in [6, 6.07) is 11.0. The third kappa shape index (κ3) is 3.89. The van der Waals surface area contributed by atoms with Crippen molar-refractivity contribution in [1.82, 2.24) is 19.8 Å². The number of imidazole rings is 1. The minimum absolute atomic E-state index is 0.593. The van der Waals surface area contributed by atoms with Gasteiger partial charge in [-0.05, 0) is 45.0 Å². The molecule has 1 aliphatic rings. The lowest BCUT2D eigenvalue weighted by Crippen LogP contribution is -2.42. The standard InChI is InChI=1S/C19H26N4/c1-3-11-22-12-9-17(10-13-22)21-15-19-14-20-16(2)23(19)18-7-5-4-6-8-18/h3-8,14,17,21H,1,9-13,15H2,2H3. The fourth-order valence-corrected chi connectivity index (χ4v) is 3.30. The van der Waals surface area contributed by atoms with E-state index in [1.165, 1.54) is 24.2 Å². The second-order valence-electron chi connectivity index (χ2n) is 6.21. The van der Waals surface area contributed by atoms with Gasteiger partial charge in [0.2, 0.25) is 0 Å². The van der Waals surface area contributed by atoms with Gasteiger partial charge >= 0.3 is 0 Å². The molecule has 1 fully saturated rings. The Balaban J connectivity index is 1.61. The molecular weight excluding hydrogens is 284 g/mol. The predicted molar refractivity (Wildman–Crippen MR) is 94.8 cm³/mol. The number of aryl methyl sites for hydroxylation is 1. The van der Waals surface area contributed by atoms with Crippen LogP contribution in [0.5, 0.6) is 0 Å².